The van der Waals surface area contributed by atoms with Gasteiger partial charge < -0.3 is 16.0 Å². The molecule has 1 saturated heterocycles. The van der Waals surface area contributed by atoms with Gasteiger partial charge in [-0.15, -0.1) is 0 Å². The molecule has 0 aliphatic carbocycles. The van der Waals surface area contributed by atoms with Crippen molar-refractivity contribution in [2.45, 2.75) is 38.8 Å². The molecule has 3 N–H and O–H groups in total. The first kappa shape index (κ1) is 15.1. The lowest BCUT2D eigenvalue weighted by Gasteiger charge is -2.37. The van der Waals surface area contributed by atoms with Crippen molar-refractivity contribution in [1.29, 1.82) is 0 Å². The summed E-state index contributed by atoms with van der Waals surface area (Å²) in [5.41, 5.74) is 7.63. The third-order valence-electron chi connectivity index (χ3n) is 3.75. The fourth-order valence-corrected chi connectivity index (χ4v) is 3.08. The van der Waals surface area contributed by atoms with Gasteiger partial charge in [0.25, 0.3) is 0 Å². The van der Waals surface area contributed by atoms with E-state index in [1.54, 1.807) is 0 Å². The highest BCUT2D eigenvalue weighted by Gasteiger charge is 2.29. The van der Waals surface area contributed by atoms with Gasteiger partial charge in [-0.2, -0.15) is 0 Å². The van der Waals surface area contributed by atoms with Gasteiger partial charge in [-0.3, -0.25) is 4.79 Å². The standard InChI is InChI=1S/C15H22ClN3O/c1-2-18-10-11-6-5-7-12(16)14(11)19-9-4-3-8-13(19)15(17)20/h5-7,13,18H,2-4,8-10H2,1H3,(H2,17,20). The van der Waals surface area contributed by atoms with Crippen molar-refractivity contribution >= 4 is 23.2 Å². The number of hydrogen-bond donors (Lipinski definition) is 2. The lowest BCUT2D eigenvalue weighted by molar-refractivity contribution is -0.119. The summed E-state index contributed by atoms with van der Waals surface area (Å²) in [6.45, 7) is 4.54. The number of halogens is 1. The minimum atomic E-state index is -0.265. The zero-order valence-electron chi connectivity index (χ0n) is 11.9. The Balaban J connectivity index is 2.35. The average Bonchev–Trinajstić information content (AvgIpc) is 2.45. The highest BCUT2D eigenvalue weighted by atomic mass is 35.5. The molecule has 0 bridgehead atoms. The maximum absolute atomic E-state index is 11.7. The first-order valence-corrected chi connectivity index (χ1v) is 7.57. The normalized spacial score (nSPS) is 19.1. The maximum Gasteiger partial charge on any atom is 0.240 e. The van der Waals surface area contributed by atoms with Crippen LogP contribution in [0.15, 0.2) is 18.2 Å². The number of piperidine rings is 1. The number of anilines is 1. The van der Waals surface area contributed by atoms with Gasteiger partial charge in [0, 0.05) is 13.1 Å². The van der Waals surface area contributed by atoms with Crippen LogP contribution in [0, 0.1) is 0 Å². The van der Waals surface area contributed by atoms with Crippen molar-refractivity contribution in [1.82, 2.24) is 5.32 Å². The van der Waals surface area contributed by atoms with Crippen LogP contribution in [0.1, 0.15) is 31.7 Å². The lowest BCUT2D eigenvalue weighted by Crippen LogP contribution is -2.48. The van der Waals surface area contributed by atoms with Crippen molar-refractivity contribution < 1.29 is 4.79 Å². The van der Waals surface area contributed by atoms with Gasteiger partial charge in [-0.05, 0) is 37.4 Å². The summed E-state index contributed by atoms with van der Waals surface area (Å²) in [6, 6.07) is 5.63. The summed E-state index contributed by atoms with van der Waals surface area (Å²) in [4.78, 5) is 13.8. The molecule has 0 spiro atoms. The van der Waals surface area contributed by atoms with Gasteiger partial charge in [-0.1, -0.05) is 30.7 Å². The van der Waals surface area contributed by atoms with E-state index in [2.05, 4.69) is 23.2 Å². The fraction of sp³-hybridized carbons (Fsp3) is 0.533. The zero-order valence-corrected chi connectivity index (χ0v) is 12.6. The average molecular weight is 296 g/mol. The van der Waals surface area contributed by atoms with Crippen molar-refractivity contribution in [3.05, 3.63) is 28.8 Å². The predicted molar refractivity (Wildman–Crippen MR) is 83.0 cm³/mol. The Morgan fingerprint density at radius 3 is 3.00 bits per heavy atom. The monoisotopic (exact) mass is 295 g/mol. The van der Waals surface area contributed by atoms with E-state index >= 15 is 0 Å². The van der Waals surface area contributed by atoms with E-state index in [-0.39, 0.29) is 11.9 Å². The lowest BCUT2D eigenvalue weighted by atomic mass is 9.99. The van der Waals surface area contributed by atoms with Crippen molar-refractivity contribution in [2.75, 3.05) is 18.0 Å². The van der Waals surface area contributed by atoms with Crippen LogP contribution in [0.5, 0.6) is 0 Å². The third-order valence-corrected chi connectivity index (χ3v) is 4.06. The molecule has 0 radical (unpaired) electrons. The summed E-state index contributed by atoms with van der Waals surface area (Å²) in [7, 11) is 0. The van der Waals surface area contributed by atoms with Crippen molar-refractivity contribution in [2.24, 2.45) is 5.73 Å². The number of amides is 1. The molecule has 1 heterocycles. The van der Waals surface area contributed by atoms with E-state index in [9.17, 15) is 4.79 Å². The predicted octanol–water partition coefficient (Wildman–Crippen LogP) is 2.29. The molecule has 1 aliphatic rings. The Labute approximate surface area is 125 Å². The molecule has 20 heavy (non-hydrogen) atoms. The van der Waals surface area contributed by atoms with Crippen LogP contribution < -0.4 is 16.0 Å². The number of para-hydroxylation sites is 1. The Hall–Kier alpha value is -1.26. The van der Waals surface area contributed by atoms with Gasteiger partial charge >= 0.3 is 0 Å². The molecule has 1 aromatic carbocycles. The SMILES string of the molecule is CCNCc1cccc(Cl)c1N1CCCCC1C(N)=O. The van der Waals surface area contributed by atoms with Crippen LogP contribution >= 0.6 is 11.6 Å². The largest absolute Gasteiger partial charge is 0.368 e. The van der Waals surface area contributed by atoms with Crippen molar-refractivity contribution in [3.8, 4) is 0 Å². The number of nitrogens with two attached hydrogens (primary N) is 1. The molecule has 4 nitrogen and oxygen atoms in total. The van der Waals surface area contributed by atoms with Crippen LogP contribution in [-0.4, -0.2) is 25.0 Å². The van der Waals surface area contributed by atoms with Crippen LogP contribution in [-0.2, 0) is 11.3 Å². The quantitative estimate of drug-likeness (QED) is 0.876. The van der Waals surface area contributed by atoms with Crippen molar-refractivity contribution in [3.63, 3.8) is 0 Å². The number of benzene rings is 1. The first-order chi connectivity index (χ1) is 9.65. The van der Waals surface area contributed by atoms with E-state index in [0.29, 0.717) is 5.02 Å². The van der Waals surface area contributed by atoms with Gasteiger partial charge in [-0.25, -0.2) is 0 Å². The number of carbonyl (C=O) groups is 1. The topological polar surface area (TPSA) is 58.4 Å². The molecule has 1 unspecified atom stereocenters. The minimum absolute atomic E-state index is 0.246. The second-order valence-corrected chi connectivity index (χ2v) is 5.54. The molecule has 1 aliphatic heterocycles. The third kappa shape index (κ3) is 3.25. The smallest absolute Gasteiger partial charge is 0.240 e. The van der Waals surface area contributed by atoms with Crippen LogP contribution in [0.4, 0.5) is 5.69 Å². The molecular formula is C15H22ClN3O. The molecule has 1 aromatic rings. The summed E-state index contributed by atoms with van der Waals surface area (Å²) in [6.07, 6.45) is 2.91. The molecule has 110 valence electrons. The van der Waals surface area contributed by atoms with E-state index < -0.39 is 0 Å². The summed E-state index contributed by atoms with van der Waals surface area (Å²) < 4.78 is 0. The summed E-state index contributed by atoms with van der Waals surface area (Å²) in [5, 5.41) is 4.00. The van der Waals surface area contributed by atoms with Crippen LogP contribution in [0.2, 0.25) is 5.02 Å². The molecule has 0 saturated carbocycles. The second-order valence-electron chi connectivity index (χ2n) is 5.14. The van der Waals surface area contributed by atoms with E-state index in [0.717, 1.165) is 50.1 Å². The summed E-state index contributed by atoms with van der Waals surface area (Å²) >= 11 is 6.39. The maximum atomic E-state index is 11.7. The minimum Gasteiger partial charge on any atom is -0.368 e. The number of nitrogens with zero attached hydrogens (tertiary/aromatic N) is 1. The van der Waals surface area contributed by atoms with Crippen LogP contribution in [0.3, 0.4) is 0 Å². The number of primary amides is 1. The van der Waals surface area contributed by atoms with E-state index in [1.165, 1.54) is 0 Å². The van der Waals surface area contributed by atoms with Gasteiger partial charge in [0.1, 0.15) is 6.04 Å². The van der Waals surface area contributed by atoms with Crippen LogP contribution in [0.25, 0.3) is 0 Å². The fourth-order valence-electron chi connectivity index (χ4n) is 2.78. The van der Waals surface area contributed by atoms with E-state index in [4.69, 9.17) is 17.3 Å². The van der Waals surface area contributed by atoms with E-state index in [1.807, 2.05) is 12.1 Å². The molecule has 1 fully saturated rings. The Morgan fingerprint density at radius 2 is 2.30 bits per heavy atom. The van der Waals surface area contributed by atoms with Gasteiger partial charge in [0.2, 0.25) is 5.91 Å². The Bertz CT molecular complexity index is 478. The molecule has 1 amide bonds. The molecule has 0 aromatic heterocycles. The molecular weight excluding hydrogens is 274 g/mol. The van der Waals surface area contributed by atoms with Gasteiger partial charge in [0.05, 0.1) is 10.7 Å². The number of hydrogen-bond acceptors (Lipinski definition) is 3. The number of nitrogens with one attached hydrogen (secondary N) is 1. The molecule has 5 heteroatoms. The first-order valence-electron chi connectivity index (χ1n) is 7.19. The van der Waals surface area contributed by atoms with Gasteiger partial charge in [0.15, 0.2) is 0 Å². The highest BCUT2D eigenvalue weighted by molar-refractivity contribution is 6.33. The number of rotatable bonds is 5. The molecule has 1 atom stereocenters. The Morgan fingerprint density at radius 1 is 1.50 bits per heavy atom. The molecule has 2 rings (SSSR count). The zero-order chi connectivity index (χ0) is 14.5. The number of carbonyl (C=O) groups excluding carboxylic acids is 1. The Kier molecular flexibility index (Phi) is 5.26. The highest BCUT2D eigenvalue weighted by Crippen LogP contribution is 2.34. The summed E-state index contributed by atoms with van der Waals surface area (Å²) in [5.74, 6) is -0.265. The second kappa shape index (κ2) is 6.95.